The molecule has 0 spiro atoms. The topological polar surface area (TPSA) is 66.4 Å². The molecule has 0 amide bonds. The summed E-state index contributed by atoms with van der Waals surface area (Å²) < 4.78 is 26.2. The van der Waals surface area contributed by atoms with Gasteiger partial charge in [0.25, 0.3) is 0 Å². The molecule has 0 aliphatic heterocycles. The average molecular weight is 312 g/mol. The molecule has 0 radical (unpaired) electrons. The van der Waals surface area contributed by atoms with E-state index in [1.54, 1.807) is 6.07 Å². The Kier molecular flexibility index (Phi) is 4.65. The molecule has 0 unspecified atom stereocenters. The lowest BCUT2D eigenvalue weighted by molar-refractivity contribution is 0.475. The fourth-order valence-corrected chi connectivity index (χ4v) is 3.05. The maximum atomic E-state index is 11.9. The van der Waals surface area contributed by atoms with Crippen LogP contribution < -0.4 is 4.72 Å². The van der Waals surface area contributed by atoms with Crippen molar-refractivity contribution in [3.63, 3.8) is 0 Å². The summed E-state index contributed by atoms with van der Waals surface area (Å²) in [5.41, 5.74) is 1.41. The fourth-order valence-electron chi connectivity index (χ4n) is 1.80. The maximum absolute atomic E-state index is 11.9. The molecule has 106 valence electrons. The number of halogens is 1. The van der Waals surface area contributed by atoms with Crippen LogP contribution in [-0.4, -0.2) is 25.9 Å². The van der Waals surface area contributed by atoms with Gasteiger partial charge in [-0.3, -0.25) is 0 Å². The van der Waals surface area contributed by atoms with Gasteiger partial charge >= 0.3 is 0 Å². The molecule has 6 heteroatoms. The van der Waals surface area contributed by atoms with Crippen molar-refractivity contribution in [2.24, 2.45) is 0 Å². The van der Waals surface area contributed by atoms with E-state index < -0.39 is 10.0 Å². The summed E-state index contributed by atoms with van der Waals surface area (Å²) in [6, 6.07) is 13.5. The van der Waals surface area contributed by atoms with Crippen molar-refractivity contribution in [2.45, 2.75) is 4.90 Å². The van der Waals surface area contributed by atoms with Gasteiger partial charge in [-0.15, -0.1) is 11.6 Å². The molecule has 4 nitrogen and oxygen atoms in total. The average Bonchev–Trinajstić information content (AvgIpc) is 2.46. The molecule has 0 atom stereocenters. The van der Waals surface area contributed by atoms with E-state index in [0.717, 1.165) is 5.56 Å². The molecule has 0 aliphatic carbocycles. The Hall–Kier alpha value is -1.56. The molecule has 2 aromatic carbocycles. The summed E-state index contributed by atoms with van der Waals surface area (Å²) in [7, 11) is -3.64. The molecule has 0 bridgehead atoms. The van der Waals surface area contributed by atoms with Crippen LogP contribution in [0.25, 0.3) is 11.1 Å². The lowest BCUT2D eigenvalue weighted by Crippen LogP contribution is -2.25. The monoisotopic (exact) mass is 311 g/mol. The van der Waals surface area contributed by atoms with Crippen molar-refractivity contribution < 1.29 is 13.5 Å². The number of phenolic OH excluding ortho intramolecular Hbond substituents is 1. The molecular formula is C14H14ClNO3S. The largest absolute Gasteiger partial charge is 0.507 e. The van der Waals surface area contributed by atoms with Crippen LogP contribution in [0, 0.1) is 0 Å². The molecule has 0 fully saturated rings. The first kappa shape index (κ1) is 14.8. The molecule has 20 heavy (non-hydrogen) atoms. The van der Waals surface area contributed by atoms with E-state index in [1.165, 1.54) is 12.1 Å². The van der Waals surface area contributed by atoms with Crippen LogP contribution in [0.5, 0.6) is 5.75 Å². The predicted molar refractivity (Wildman–Crippen MR) is 79.5 cm³/mol. The number of alkyl halides is 1. The molecular weight excluding hydrogens is 298 g/mol. The van der Waals surface area contributed by atoms with E-state index in [-0.39, 0.29) is 23.1 Å². The van der Waals surface area contributed by atoms with Crippen LogP contribution in [0.3, 0.4) is 0 Å². The number of benzene rings is 2. The zero-order valence-electron chi connectivity index (χ0n) is 10.6. The minimum Gasteiger partial charge on any atom is -0.507 e. The Morgan fingerprint density at radius 2 is 1.80 bits per heavy atom. The second-order valence-corrected chi connectivity index (χ2v) is 6.28. The molecule has 2 aromatic rings. The number of phenols is 1. The second-order valence-electron chi connectivity index (χ2n) is 4.13. The standard InChI is InChI=1S/C14H14ClNO3S/c15-8-9-16-20(18,19)12-6-7-13(14(17)10-12)11-4-2-1-3-5-11/h1-7,10,16-17H,8-9H2. The van der Waals surface area contributed by atoms with E-state index in [9.17, 15) is 13.5 Å². The fraction of sp³-hybridized carbons (Fsp3) is 0.143. The first-order valence-corrected chi connectivity index (χ1v) is 8.00. The molecule has 0 saturated heterocycles. The number of sulfonamides is 1. The molecule has 0 heterocycles. The Labute approximate surface area is 123 Å². The van der Waals surface area contributed by atoms with Crippen molar-refractivity contribution in [3.8, 4) is 16.9 Å². The SMILES string of the molecule is O=S(=O)(NCCCl)c1ccc(-c2ccccc2)c(O)c1. The Morgan fingerprint density at radius 1 is 1.10 bits per heavy atom. The normalized spacial score (nSPS) is 11.4. The molecule has 0 saturated carbocycles. The van der Waals surface area contributed by atoms with Gasteiger partial charge in [0.15, 0.2) is 0 Å². The predicted octanol–water partition coefficient (Wildman–Crippen LogP) is 2.58. The molecule has 2 N–H and O–H groups in total. The number of hydrogen-bond donors (Lipinski definition) is 2. The van der Waals surface area contributed by atoms with Crippen LogP contribution in [-0.2, 0) is 10.0 Å². The van der Waals surface area contributed by atoms with Crippen LogP contribution in [0.2, 0.25) is 0 Å². The Balaban J connectivity index is 2.36. The van der Waals surface area contributed by atoms with E-state index in [1.807, 2.05) is 30.3 Å². The lowest BCUT2D eigenvalue weighted by Gasteiger charge is -2.09. The van der Waals surface area contributed by atoms with E-state index in [4.69, 9.17) is 11.6 Å². The highest BCUT2D eigenvalue weighted by molar-refractivity contribution is 7.89. The number of aromatic hydroxyl groups is 1. The van der Waals surface area contributed by atoms with Crippen LogP contribution >= 0.6 is 11.6 Å². The number of nitrogens with one attached hydrogen (secondary N) is 1. The second kappa shape index (κ2) is 6.26. The first-order chi connectivity index (χ1) is 9.54. The smallest absolute Gasteiger partial charge is 0.240 e. The first-order valence-electron chi connectivity index (χ1n) is 5.98. The van der Waals surface area contributed by atoms with Crippen molar-refractivity contribution in [2.75, 3.05) is 12.4 Å². The highest BCUT2D eigenvalue weighted by atomic mass is 35.5. The summed E-state index contributed by atoms with van der Waals surface area (Å²) in [5.74, 6) is 0.109. The minimum atomic E-state index is -3.64. The summed E-state index contributed by atoms with van der Waals surface area (Å²) in [6.45, 7) is 0.144. The third-order valence-corrected chi connectivity index (χ3v) is 4.40. The summed E-state index contributed by atoms with van der Waals surface area (Å²) in [4.78, 5) is 0.0137. The van der Waals surface area contributed by atoms with E-state index in [0.29, 0.717) is 5.56 Å². The summed E-state index contributed by atoms with van der Waals surface area (Å²) in [6.07, 6.45) is 0. The Bertz CT molecular complexity index is 687. The third-order valence-electron chi connectivity index (χ3n) is 2.75. The van der Waals surface area contributed by atoms with Crippen LogP contribution in [0.4, 0.5) is 0 Å². The maximum Gasteiger partial charge on any atom is 0.240 e. The van der Waals surface area contributed by atoms with Gasteiger partial charge in [-0.05, 0) is 17.7 Å². The molecule has 0 aromatic heterocycles. The number of hydrogen-bond acceptors (Lipinski definition) is 3. The quantitative estimate of drug-likeness (QED) is 0.834. The van der Waals surface area contributed by atoms with Gasteiger partial charge in [-0.1, -0.05) is 30.3 Å². The van der Waals surface area contributed by atoms with Gasteiger partial charge in [0.2, 0.25) is 10.0 Å². The van der Waals surface area contributed by atoms with Crippen molar-refractivity contribution >= 4 is 21.6 Å². The van der Waals surface area contributed by atoms with Gasteiger partial charge in [0, 0.05) is 24.1 Å². The highest BCUT2D eigenvalue weighted by Gasteiger charge is 2.15. The number of rotatable bonds is 5. The Morgan fingerprint density at radius 3 is 2.40 bits per heavy atom. The zero-order chi connectivity index (χ0) is 14.6. The van der Waals surface area contributed by atoms with Gasteiger partial charge in [-0.25, -0.2) is 13.1 Å². The lowest BCUT2D eigenvalue weighted by atomic mass is 10.1. The van der Waals surface area contributed by atoms with E-state index >= 15 is 0 Å². The van der Waals surface area contributed by atoms with Crippen molar-refractivity contribution in [1.82, 2.24) is 4.72 Å². The summed E-state index contributed by atoms with van der Waals surface area (Å²) >= 11 is 5.46. The molecule has 0 aliphatic rings. The van der Waals surface area contributed by atoms with Gasteiger partial charge in [0.1, 0.15) is 5.75 Å². The van der Waals surface area contributed by atoms with Crippen molar-refractivity contribution in [1.29, 1.82) is 0 Å². The van der Waals surface area contributed by atoms with Gasteiger partial charge in [-0.2, -0.15) is 0 Å². The molecule has 2 rings (SSSR count). The third kappa shape index (κ3) is 3.30. The van der Waals surface area contributed by atoms with Crippen LogP contribution in [0.15, 0.2) is 53.4 Å². The van der Waals surface area contributed by atoms with Gasteiger partial charge in [0.05, 0.1) is 4.90 Å². The van der Waals surface area contributed by atoms with E-state index in [2.05, 4.69) is 4.72 Å². The minimum absolute atomic E-state index is 0.0137. The van der Waals surface area contributed by atoms with Crippen LogP contribution in [0.1, 0.15) is 0 Å². The zero-order valence-corrected chi connectivity index (χ0v) is 12.2. The summed E-state index contributed by atoms with van der Waals surface area (Å²) in [5, 5.41) is 10.0. The van der Waals surface area contributed by atoms with Crippen molar-refractivity contribution in [3.05, 3.63) is 48.5 Å². The van der Waals surface area contributed by atoms with Gasteiger partial charge < -0.3 is 5.11 Å². The highest BCUT2D eigenvalue weighted by Crippen LogP contribution is 2.30.